The van der Waals surface area contributed by atoms with Gasteiger partial charge in [-0.25, -0.2) is 13.1 Å². The molecule has 21 heavy (non-hydrogen) atoms. The lowest BCUT2D eigenvalue weighted by Crippen LogP contribution is -2.61. The van der Waals surface area contributed by atoms with Crippen LogP contribution >= 0.6 is 15.9 Å². The monoisotopic (exact) mass is 376 g/mol. The molecule has 1 aliphatic carbocycles. The fraction of sp³-hybridized carbons (Fsp3) is 0.571. The molecule has 5 nitrogen and oxygen atoms in total. The average Bonchev–Trinajstić information content (AvgIpc) is 2.37. The van der Waals surface area contributed by atoms with Crippen LogP contribution in [0.5, 0.6) is 0 Å². The van der Waals surface area contributed by atoms with Crippen LogP contribution < -0.4 is 10.5 Å². The molecule has 1 aromatic carbocycles. The van der Waals surface area contributed by atoms with E-state index in [2.05, 4.69) is 20.7 Å². The Hall–Kier alpha value is -0.630. The summed E-state index contributed by atoms with van der Waals surface area (Å²) in [6, 6.07) is 4.54. The minimum absolute atomic E-state index is 0.0880. The van der Waals surface area contributed by atoms with Crippen LogP contribution in [0, 0.1) is 5.41 Å². The van der Waals surface area contributed by atoms with Gasteiger partial charge in [-0.3, -0.25) is 0 Å². The second-order valence-corrected chi connectivity index (χ2v) is 8.40. The van der Waals surface area contributed by atoms with Crippen molar-refractivity contribution in [1.29, 1.82) is 0 Å². The molecule has 0 aromatic heterocycles. The lowest BCUT2D eigenvalue weighted by Gasteiger charge is -2.51. The Morgan fingerprint density at radius 3 is 2.67 bits per heavy atom. The van der Waals surface area contributed by atoms with Crippen LogP contribution in [0.15, 0.2) is 27.6 Å². The minimum Gasteiger partial charge on any atom is -0.399 e. The molecule has 1 fully saturated rings. The van der Waals surface area contributed by atoms with Crippen LogP contribution in [0.2, 0.25) is 0 Å². The van der Waals surface area contributed by atoms with Gasteiger partial charge < -0.3 is 10.5 Å². The summed E-state index contributed by atoms with van der Waals surface area (Å²) in [7, 11) is -3.59. The molecule has 7 heteroatoms. The van der Waals surface area contributed by atoms with Crippen molar-refractivity contribution < 1.29 is 13.2 Å². The van der Waals surface area contributed by atoms with Crippen molar-refractivity contribution in [2.45, 2.75) is 44.2 Å². The van der Waals surface area contributed by atoms with Gasteiger partial charge in [0.15, 0.2) is 0 Å². The molecule has 2 atom stereocenters. The number of hydrogen-bond acceptors (Lipinski definition) is 4. The predicted octanol–water partition coefficient (Wildman–Crippen LogP) is 2.51. The predicted molar refractivity (Wildman–Crippen MR) is 86.5 cm³/mol. The van der Waals surface area contributed by atoms with Crippen molar-refractivity contribution in [2.75, 3.05) is 12.3 Å². The number of nitrogens with two attached hydrogens (primary N) is 1. The number of halogens is 1. The lowest BCUT2D eigenvalue weighted by atomic mass is 9.65. The standard InChI is InChI=1S/C14H21BrN2O3S/c1-4-20-13-8-12(14(13,2)3)17-21(18,19)11-6-5-9(16)7-10(11)15/h5-7,12-13,17H,4,8,16H2,1-3H3. The summed E-state index contributed by atoms with van der Waals surface area (Å²) < 4.78 is 33.9. The summed E-state index contributed by atoms with van der Waals surface area (Å²) in [4.78, 5) is 0.201. The molecule has 0 radical (unpaired) electrons. The maximum Gasteiger partial charge on any atom is 0.241 e. The Bertz CT molecular complexity index is 631. The summed E-state index contributed by atoms with van der Waals surface area (Å²) in [5.74, 6) is 0. The highest BCUT2D eigenvalue weighted by Gasteiger charge is 2.50. The Balaban J connectivity index is 2.16. The van der Waals surface area contributed by atoms with Crippen molar-refractivity contribution >= 4 is 31.6 Å². The van der Waals surface area contributed by atoms with E-state index in [4.69, 9.17) is 10.5 Å². The van der Waals surface area contributed by atoms with Crippen molar-refractivity contribution in [2.24, 2.45) is 5.41 Å². The highest BCUT2D eigenvalue weighted by atomic mass is 79.9. The molecular weight excluding hydrogens is 356 g/mol. The highest BCUT2D eigenvalue weighted by molar-refractivity contribution is 9.10. The number of rotatable bonds is 5. The maximum atomic E-state index is 12.5. The van der Waals surface area contributed by atoms with E-state index in [-0.39, 0.29) is 22.5 Å². The van der Waals surface area contributed by atoms with Gasteiger partial charge in [-0.15, -0.1) is 0 Å². The van der Waals surface area contributed by atoms with Crippen molar-refractivity contribution in [3.8, 4) is 0 Å². The third-order valence-electron chi connectivity index (χ3n) is 4.09. The van der Waals surface area contributed by atoms with Gasteiger partial charge in [0.25, 0.3) is 0 Å². The first-order valence-corrected chi connectivity index (χ1v) is 9.15. The summed E-state index contributed by atoms with van der Waals surface area (Å²) in [6.07, 6.45) is 0.775. The first kappa shape index (κ1) is 16.7. The molecule has 1 aromatic rings. The molecule has 118 valence electrons. The summed E-state index contributed by atoms with van der Waals surface area (Å²) in [5.41, 5.74) is 5.94. The van der Waals surface area contributed by atoms with Gasteiger partial charge in [-0.1, -0.05) is 13.8 Å². The lowest BCUT2D eigenvalue weighted by molar-refractivity contribution is -0.108. The first-order chi connectivity index (χ1) is 9.68. The van der Waals surface area contributed by atoms with E-state index >= 15 is 0 Å². The van der Waals surface area contributed by atoms with Crippen LogP contribution in [0.25, 0.3) is 0 Å². The largest absolute Gasteiger partial charge is 0.399 e. The van der Waals surface area contributed by atoms with Gasteiger partial charge in [0, 0.05) is 28.2 Å². The molecule has 1 aliphatic rings. The molecule has 2 rings (SSSR count). The summed E-state index contributed by atoms with van der Waals surface area (Å²) in [5, 5.41) is 0. The van der Waals surface area contributed by atoms with E-state index in [9.17, 15) is 8.42 Å². The highest BCUT2D eigenvalue weighted by Crippen LogP contribution is 2.43. The molecule has 3 N–H and O–H groups in total. The third-order valence-corrected chi connectivity index (χ3v) is 6.54. The Labute approximate surface area is 134 Å². The minimum atomic E-state index is -3.59. The Morgan fingerprint density at radius 1 is 1.48 bits per heavy atom. The maximum absolute atomic E-state index is 12.5. The molecule has 0 aliphatic heterocycles. The van der Waals surface area contributed by atoms with Crippen molar-refractivity contribution in [3.05, 3.63) is 22.7 Å². The molecule has 2 unspecified atom stereocenters. The van der Waals surface area contributed by atoms with E-state index in [1.54, 1.807) is 12.1 Å². The molecule has 0 bridgehead atoms. The van der Waals surface area contributed by atoms with Crippen LogP contribution in [0.4, 0.5) is 5.69 Å². The zero-order valence-electron chi connectivity index (χ0n) is 12.4. The van der Waals surface area contributed by atoms with Crippen LogP contribution in [-0.4, -0.2) is 27.2 Å². The topological polar surface area (TPSA) is 81.4 Å². The fourth-order valence-electron chi connectivity index (χ4n) is 2.56. The van der Waals surface area contributed by atoms with Crippen molar-refractivity contribution in [1.82, 2.24) is 4.72 Å². The molecule has 0 amide bonds. The van der Waals surface area contributed by atoms with Gasteiger partial charge in [-0.2, -0.15) is 0 Å². The molecular formula is C14H21BrN2O3S. The molecule has 0 spiro atoms. The second-order valence-electron chi connectivity index (χ2n) is 5.86. The van der Waals surface area contributed by atoms with E-state index in [1.807, 2.05) is 20.8 Å². The molecule has 1 saturated carbocycles. The zero-order chi connectivity index (χ0) is 15.8. The SMILES string of the molecule is CCOC1CC(NS(=O)(=O)c2ccc(N)cc2Br)C1(C)C. The number of nitrogens with one attached hydrogen (secondary N) is 1. The number of nitrogen functional groups attached to an aromatic ring is 1. The zero-order valence-corrected chi connectivity index (χ0v) is 14.8. The van der Waals surface area contributed by atoms with E-state index in [1.165, 1.54) is 6.07 Å². The van der Waals surface area contributed by atoms with Gasteiger partial charge in [-0.05, 0) is 47.5 Å². The van der Waals surface area contributed by atoms with Crippen LogP contribution in [-0.2, 0) is 14.8 Å². The van der Waals surface area contributed by atoms with Gasteiger partial charge in [0.1, 0.15) is 0 Å². The number of hydrogen-bond donors (Lipinski definition) is 2. The first-order valence-electron chi connectivity index (χ1n) is 6.87. The van der Waals surface area contributed by atoms with Gasteiger partial charge >= 0.3 is 0 Å². The smallest absolute Gasteiger partial charge is 0.241 e. The van der Waals surface area contributed by atoms with Gasteiger partial charge in [0.2, 0.25) is 10.0 Å². The number of benzene rings is 1. The van der Waals surface area contributed by atoms with E-state index in [0.29, 0.717) is 23.2 Å². The van der Waals surface area contributed by atoms with Crippen molar-refractivity contribution in [3.63, 3.8) is 0 Å². The Kier molecular flexibility index (Phi) is 4.68. The molecule has 0 saturated heterocycles. The van der Waals surface area contributed by atoms with Gasteiger partial charge in [0.05, 0.1) is 11.0 Å². The number of sulfonamides is 1. The third kappa shape index (κ3) is 3.26. The summed E-state index contributed by atoms with van der Waals surface area (Å²) >= 11 is 3.25. The normalized spacial score (nSPS) is 24.6. The number of ether oxygens (including phenoxy) is 1. The Morgan fingerprint density at radius 2 is 2.14 bits per heavy atom. The van der Waals surface area contributed by atoms with Crippen LogP contribution in [0.1, 0.15) is 27.2 Å². The molecule has 0 heterocycles. The second kappa shape index (κ2) is 5.87. The van der Waals surface area contributed by atoms with E-state index < -0.39 is 10.0 Å². The average molecular weight is 377 g/mol. The van der Waals surface area contributed by atoms with E-state index in [0.717, 1.165) is 0 Å². The number of anilines is 1. The quantitative estimate of drug-likeness (QED) is 0.773. The summed E-state index contributed by atoms with van der Waals surface area (Å²) in [6.45, 7) is 6.61. The van der Waals surface area contributed by atoms with Crippen LogP contribution in [0.3, 0.4) is 0 Å². The fourth-order valence-corrected chi connectivity index (χ4v) is 5.06.